The second-order valence-corrected chi connectivity index (χ2v) is 2.68. The molecule has 0 amide bonds. The van der Waals surface area contributed by atoms with Crippen LogP contribution >= 0.6 is 15.6 Å². The van der Waals surface area contributed by atoms with Crippen LogP contribution in [0, 0.1) is 0 Å². The molecule has 0 fully saturated rings. The van der Waals surface area contributed by atoms with Crippen molar-refractivity contribution in [3.63, 3.8) is 0 Å². The fourth-order valence-electron chi connectivity index (χ4n) is 0. The number of phosphoric acid groups is 2. The van der Waals surface area contributed by atoms with Gasteiger partial charge in [0.25, 0.3) is 0 Å². The van der Waals surface area contributed by atoms with Crippen LogP contribution in [0.4, 0.5) is 0 Å². The van der Waals surface area contributed by atoms with Crippen LogP contribution in [0.25, 0.3) is 0 Å². The zero-order valence-electron chi connectivity index (χ0n) is 5.32. The standard InChI is InChI=1S/Ga.In.2H3O4P/c;;2*1-5(2,3)4/h;;2*(H3,1,2,3,4)/q2*+3;;/p-6. The molecule has 0 unspecified atom stereocenters. The maximum absolute atomic E-state index is 8.55. The van der Waals surface area contributed by atoms with E-state index in [0.29, 0.717) is 0 Å². The third-order valence-electron chi connectivity index (χ3n) is 0. The van der Waals surface area contributed by atoms with Crippen LogP contribution in [0.3, 0.4) is 0 Å². The van der Waals surface area contributed by atoms with Crippen LogP contribution < -0.4 is 29.4 Å². The molecule has 0 heterocycles. The van der Waals surface area contributed by atoms with Crippen LogP contribution in [-0.2, 0) is 9.13 Å². The molecule has 0 N–H and O–H groups in total. The number of hydrogen-bond acceptors (Lipinski definition) is 8. The Morgan fingerprint density at radius 2 is 0.667 bits per heavy atom. The van der Waals surface area contributed by atoms with Crippen molar-refractivity contribution in [2.75, 3.05) is 0 Å². The maximum atomic E-state index is 8.55. The van der Waals surface area contributed by atoms with Crippen molar-refractivity contribution in [2.24, 2.45) is 0 Å². The van der Waals surface area contributed by atoms with Crippen molar-refractivity contribution in [2.45, 2.75) is 0 Å². The molecule has 0 saturated heterocycles. The van der Waals surface area contributed by atoms with E-state index in [0.717, 1.165) is 0 Å². The Labute approximate surface area is 99.3 Å². The maximum Gasteiger partial charge on any atom is 3.00 e. The molecule has 0 atom stereocenters. The Bertz CT molecular complexity index is 129. The van der Waals surface area contributed by atoms with Gasteiger partial charge >= 0.3 is 45.6 Å². The molecular formula is GaInO8P2. The summed E-state index contributed by atoms with van der Waals surface area (Å²) in [6, 6.07) is 0. The Balaban J connectivity index is -0.0000000457. The quantitative estimate of drug-likeness (QED) is 0.297. The van der Waals surface area contributed by atoms with Gasteiger partial charge in [-0.15, -0.1) is 0 Å². The van der Waals surface area contributed by atoms with E-state index in [2.05, 4.69) is 0 Å². The minimum Gasteiger partial charge on any atom is -0.822 e. The van der Waals surface area contributed by atoms with E-state index in [9.17, 15) is 0 Å². The molecule has 0 saturated carbocycles. The van der Waals surface area contributed by atoms with Gasteiger partial charge in [0.2, 0.25) is 0 Å². The zero-order chi connectivity index (χ0) is 9.00. The Morgan fingerprint density at radius 3 is 0.667 bits per heavy atom. The van der Waals surface area contributed by atoms with E-state index >= 15 is 0 Å². The normalized spacial score (nSPS) is 9.83. The first kappa shape index (κ1) is 23.5. The van der Waals surface area contributed by atoms with Crippen LogP contribution in [0.15, 0.2) is 0 Å². The van der Waals surface area contributed by atoms with Gasteiger partial charge in [-0.25, -0.2) is 0 Å². The summed E-state index contributed by atoms with van der Waals surface area (Å²) in [4.78, 5) is 51.3. The van der Waals surface area contributed by atoms with Crippen molar-refractivity contribution < 1.29 is 38.5 Å². The average molecular weight is 374 g/mol. The summed E-state index contributed by atoms with van der Waals surface area (Å²) in [5, 5.41) is 0. The number of rotatable bonds is 0. The van der Waals surface area contributed by atoms with Crippen LogP contribution in [-0.4, -0.2) is 45.6 Å². The Morgan fingerprint density at radius 1 is 0.667 bits per heavy atom. The average Bonchev–Trinajstić information content (AvgIpc) is 1.12. The summed E-state index contributed by atoms with van der Waals surface area (Å²) in [7, 11) is -10.8. The second-order valence-electron chi connectivity index (χ2n) is 0.894. The molecule has 12 heteroatoms. The van der Waals surface area contributed by atoms with Gasteiger partial charge in [-0.2, -0.15) is 15.6 Å². The van der Waals surface area contributed by atoms with Gasteiger partial charge in [-0.3, -0.25) is 0 Å². The largest absolute Gasteiger partial charge is 3.00 e. The van der Waals surface area contributed by atoms with E-state index < -0.39 is 15.6 Å². The smallest absolute Gasteiger partial charge is 0.822 e. The molecule has 0 aliphatic rings. The summed E-state index contributed by atoms with van der Waals surface area (Å²) >= 11 is 0. The molecule has 0 aromatic heterocycles. The van der Waals surface area contributed by atoms with Gasteiger partial charge < -0.3 is 38.5 Å². The van der Waals surface area contributed by atoms with Gasteiger partial charge in [0.05, 0.1) is 0 Å². The van der Waals surface area contributed by atoms with Crippen LogP contribution in [0.2, 0.25) is 0 Å². The summed E-state index contributed by atoms with van der Waals surface area (Å²) in [5.41, 5.74) is 0. The SMILES string of the molecule is O=P([O-])([O-])[O-].O=P([O-])([O-])[O-].[Ga+3].[In+3]. The van der Waals surface area contributed by atoms with E-state index in [1.54, 1.807) is 0 Å². The monoisotopic (exact) mass is 374 g/mol. The van der Waals surface area contributed by atoms with E-state index in [1.807, 2.05) is 0 Å². The van der Waals surface area contributed by atoms with E-state index in [4.69, 9.17) is 38.5 Å². The van der Waals surface area contributed by atoms with Crippen molar-refractivity contribution in [1.82, 2.24) is 0 Å². The van der Waals surface area contributed by atoms with E-state index in [1.165, 1.54) is 0 Å². The molecule has 0 aliphatic heterocycles. The first-order valence-corrected chi connectivity index (χ1v) is 4.38. The Kier molecular flexibility index (Phi) is 18.2. The summed E-state index contributed by atoms with van der Waals surface area (Å²) in [6.07, 6.45) is 0. The topological polar surface area (TPSA) is 172 Å². The summed E-state index contributed by atoms with van der Waals surface area (Å²) in [5.74, 6) is 0. The summed E-state index contributed by atoms with van der Waals surface area (Å²) < 4.78 is 17.1. The predicted molar refractivity (Wildman–Crippen MR) is 26.7 cm³/mol. The van der Waals surface area contributed by atoms with Gasteiger partial charge in [-0.05, 0) is 0 Å². The molecule has 8 nitrogen and oxygen atoms in total. The third kappa shape index (κ3) is 453. The molecule has 0 aromatic carbocycles. The molecular weight excluding hydrogens is 374 g/mol. The van der Waals surface area contributed by atoms with Crippen molar-refractivity contribution in [3.8, 4) is 0 Å². The molecule has 0 radical (unpaired) electrons. The molecule has 0 bridgehead atoms. The minimum absolute atomic E-state index is 0. The van der Waals surface area contributed by atoms with Gasteiger partial charge in [0, 0.05) is 0 Å². The molecule has 0 spiro atoms. The number of hydrogen-bond donors (Lipinski definition) is 0. The minimum atomic E-state index is -5.39. The fraction of sp³-hybridized carbons (Fsp3) is 0. The Hall–Kier alpha value is 1.73. The van der Waals surface area contributed by atoms with Crippen molar-refractivity contribution in [1.29, 1.82) is 0 Å². The van der Waals surface area contributed by atoms with Crippen molar-refractivity contribution in [3.05, 3.63) is 0 Å². The first-order chi connectivity index (χ1) is 4.00. The van der Waals surface area contributed by atoms with Crippen LogP contribution in [0.5, 0.6) is 0 Å². The molecule has 64 valence electrons. The van der Waals surface area contributed by atoms with Gasteiger partial charge in [0.1, 0.15) is 0 Å². The zero-order valence-corrected chi connectivity index (χ0v) is 12.8. The molecule has 0 aromatic rings. The van der Waals surface area contributed by atoms with Gasteiger partial charge in [-0.1, -0.05) is 0 Å². The molecule has 0 rings (SSSR count). The summed E-state index contributed by atoms with van der Waals surface area (Å²) in [6.45, 7) is 0. The fourth-order valence-corrected chi connectivity index (χ4v) is 0. The first-order valence-electron chi connectivity index (χ1n) is 1.46. The van der Waals surface area contributed by atoms with Gasteiger partial charge in [0.15, 0.2) is 0 Å². The second kappa shape index (κ2) is 9.29. The molecule has 0 aliphatic carbocycles. The van der Waals surface area contributed by atoms with Crippen molar-refractivity contribution >= 4 is 61.3 Å². The third-order valence-corrected chi connectivity index (χ3v) is 0. The molecule has 12 heavy (non-hydrogen) atoms. The van der Waals surface area contributed by atoms with E-state index in [-0.39, 0.29) is 45.6 Å². The van der Waals surface area contributed by atoms with Crippen LogP contribution in [0.1, 0.15) is 0 Å². The predicted octanol–water partition coefficient (Wildman–Crippen LogP) is -6.41.